The Morgan fingerprint density at radius 1 is 0.562 bits per heavy atom. The molecule has 2 amide bonds. The first-order chi connectivity index (χ1) is 34.2. The van der Waals surface area contributed by atoms with Crippen LogP contribution in [-0.2, 0) is 23.9 Å². The van der Waals surface area contributed by atoms with E-state index in [1.165, 1.54) is 94.2 Å². The van der Waals surface area contributed by atoms with E-state index in [1.54, 1.807) is 26.4 Å². The van der Waals surface area contributed by atoms with E-state index in [9.17, 15) is 45.0 Å². The lowest BCUT2D eigenvalue weighted by Gasteiger charge is -2.44. The Bertz CT molecular complexity index is 1420. The monoisotopic (exact) mass is 1140 g/mol. The molecule has 4 heterocycles. The van der Waals surface area contributed by atoms with E-state index in [2.05, 4.69) is 31.4 Å². The molecule has 0 aromatic rings. The molecule has 0 radical (unpaired) electrons. The molecule has 0 aromatic heterocycles. The lowest BCUT2D eigenvalue weighted by molar-refractivity contribution is -0.205. The molecule has 432 valence electrons. The van der Waals surface area contributed by atoms with Crippen LogP contribution in [0.5, 0.6) is 0 Å². The highest BCUT2D eigenvalue weighted by Crippen LogP contribution is 2.33. The Balaban J connectivity index is 0.000000557. The number of carbonyl (C=O) groups excluding carboxylic acids is 2. The minimum absolute atomic E-state index is 0. The number of ether oxygens (including phenoxy) is 2. The largest absolute Gasteiger partial charge is 0.481 e. The van der Waals surface area contributed by atoms with Crippen LogP contribution >= 0.6 is 59.1 Å². The van der Waals surface area contributed by atoms with Crippen LogP contribution in [-0.4, -0.2) is 198 Å². The number of amides is 2. The Hall–Kier alpha value is -0.420. The number of carbonyl (C=O) groups is 3. The van der Waals surface area contributed by atoms with Crippen LogP contribution in [0.1, 0.15) is 163 Å². The number of unbranched alkanes of at least 4 members (excludes halogenated alkanes) is 12. The summed E-state index contributed by atoms with van der Waals surface area (Å²) in [5.41, 5.74) is -1.40. The number of aliphatic hydroxyl groups is 6. The minimum Gasteiger partial charge on any atom is -0.481 e. The van der Waals surface area contributed by atoms with Gasteiger partial charge in [0.15, 0.2) is 0 Å². The van der Waals surface area contributed by atoms with Gasteiger partial charge in [-0.3, -0.25) is 24.2 Å². The van der Waals surface area contributed by atoms with Crippen LogP contribution in [0.3, 0.4) is 0 Å². The molecule has 16 nitrogen and oxygen atoms in total. The molecule has 4 saturated heterocycles. The van der Waals surface area contributed by atoms with Gasteiger partial charge < -0.3 is 55.9 Å². The number of nitrogens with zero attached hydrogens (tertiary/aromatic N) is 2. The van der Waals surface area contributed by atoms with Crippen molar-refractivity contribution >= 4 is 76.9 Å². The highest BCUT2D eigenvalue weighted by atomic mass is 35.5. The molecule has 21 heteroatoms. The molecule has 73 heavy (non-hydrogen) atoms. The van der Waals surface area contributed by atoms with Gasteiger partial charge >= 0.3 is 5.97 Å². The van der Waals surface area contributed by atoms with Gasteiger partial charge in [0.1, 0.15) is 59.7 Å². The fourth-order valence-corrected chi connectivity index (χ4v) is 12.3. The summed E-state index contributed by atoms with van der Waals surface area (Å²) in [7, 11) is 3.88. The highest BCUT2D eigenvalue weighted by molar-refractivity contribution is 7.99. The average molecular weight is 1140 g/mol. The van der Waals surface area contributed by atoms with E-state index < -0.39 is 88.5 Å². The first kappa shape index (κ1) is 70.6. The molecule has 0 aliphatic carbocycles. The van der Waals surface area contributed by atoms with Crippen LogP contribution in [0.2, 0.25) is 0 Å². The van der Waals surface area contributed by atoms with Crippen LogP contribution in [0.15, 0.2) is 0 Å². The Kier molecular flexibility index (Phi) is 37.0. The molecule has 4 aliphatic heterocycles. The fraction of sp³-hybridized carbons (Fsp3) is 0.942. The topological polar surface area (TPSA) is 242 Å². The third kappa shape index (κ3) is 23.8. The van der Waals surface area contributed by atoms with E-state index in [-0.39, 0.29) is 36.3 Å². The fourth-order valence-electron chi connectivity index (χ4n) is 10.5. The SMILES string of the molecule is CCCCCCCCCCCCCCCC(=O)O.CCC[C@@H]1C[C@@H](C(=O)N[C@@H]([C@H]2O[C@H](SC)[C@H](O)[C@@H](O)[C@H]2O)[C@H](C)Cl)N(C)C1.CCC[C@@H]1C[C@@H](C(=O)N[C@@H]([C@H]2O[C@H](SC)[C@H](O)[C@@H](O)[C@H]2O)[C@H](C)Cl)N(C)C1.Cl. The van der Waals surface area contributed by atoms with Gasteiger partial charge in [-0.15, -0.1) is 59.1 Å². The average Bonchev–Trinajstić information content (AvgIpc) is 3.91. The highest BCUT2D eigenvalue weighted by Gasteiger charge is 2.50. The van der Waals surface area contributed by atoms with Crippen molar-refractivity contribution in [1.82, 2.24) is 20.4 Å². The smallest absolute Gasteiger partial charge is 0.303 e. The number of halogens is 3. The second kappa shape index (κ2) is 38.2. The van der Waals surface area contributed by atoms with Crippen molar-refractivity contribution in [2.75, 3.05) is 39.7 Å². The molecule has 18 atom stereocenters. The zero-order valence-electron chi connectivity index (χ0n) is 45.5. The normalized spacial score (nSPS) is 32.2. The van der Waals surface area contributed by atoms with Crippen LogP contribution in [0.4, 0.5) is 0 Å². The van der Waals surface area contributed by atoms with Gasteiger partial charge in [-0.1, -0.05) is 111 Å². The van der Waals surface area contributed by atoms with Gasteiger partial charge in [0.2, 0.25) is 11.8 Å². The standard InChI is InChI=1S/2C18H33ClN2O5S.C16H32O2.ClH/c2*1-5-6-10-7-11(21(3)8-10)17(25)20-12(9(2)19)16-14(23)13(22)15(24)18(26-16)27-4;1-2-3-4-5-6-7-8-9-10-11-12-13-14-15-16(17)18;/h2*9-16,18,22-24H,5-8H2,1-4H3,(H,20,25);2-15H2,1H3,(H,17,18);1H/t2*9-,10+,11-,12+,13-,14+,15+,16+,18+;;/m00../s1. The second-order valence-electron chi connectivity index (χ2n) is 20.9. The summed E-state index contributed by atoms with van der Waals surface area (Å²) in [6.07, 6.45) is 17.1. The third-order valence-corrected chi connectivity index (χ3v) is 17.0. The maximum Gasteiger partial charge on any atom is 0.303 e. The predicted molar refractivity (Wildman–Crippen MR) is 299 cm³/mol. The van der Waals surface area contributed by atoms with E-state index >= 15 is 0 Å². The number of nitrogens with one attached hydrogen (secondary N) is 2. The Morgan fingerprint density at radius 3 is 1.18 bits per heavy atom. The van der Waals surface area contributed by atoms with E-state index in [1.807, 2.05) is 23.9 Å². The van der Waals surface area contributed by atoms with Crippen LogP contribution in [0, 0.1) is 11.8 Å². The molecule has 9 N–H and O–H groups in total. The van der Waals surface area contributed by atoms with Crippen molar-refractivity contribution < 1.29 is 59.6 Å². The van der Waals surface area contributed by atoms with Gasteiger partial charge in [-0.25, -0.2) is 0 Å². The van der Waals surface area contributed by atoms with Gasteiger partial charge in [0, 0.05) is 19.5 Å². The van der Waals surface area contributed by atoms with E-state index in [4.69, 9.17) is 37.8 Å². The number of likely N-dealkylation sites (tertiary alicyclic amines) is 2. The number of alkyl halides is 2. The van der Waals surface area contributed by atoms with Crippen molar-refractivity contribution in [3.8, 4) is 0 Å². The minimum atomic E-state index is -1.36. The number of hydrogen-bond donors (Lipinski definition) is 9. The second-order valence-corrected chi connectivity index (χ2v) is 24.1. The van der Waals surface area contributed by atoms with E-state index in [0.717, 1.165) is 64.5 Å². The molecule has 0 bridgehead atoms. The first-order valence-electron chi connectivity index (χ1n) is 27.1. The van der Waals surface area contributed by atoms with Crippen molar-refractivity contribution in [2.45, 2.75) is 258 Å². The molecule has 4 rings (SSSR count). The molecule has 0 aromatic carbocycles. The number of hydrogen-bond acceptors (Lipinski definition) is 15. The summed E-state index contributed by atoms with van der Waals surface area (Å²) in [6, 6.07) is -1.87. The predicted octanol–water partition coefficient (Wildman–Crippen LogP) is 6.75. The molecule has 0 spiro atoms. The summed E-state index contributed by atoms with van der Waals surface area (Å²) < 4.78 is 11.6. The summed E-state index contributed by atoms with van der Waals surface area (Å²) in [6.45, 7) is 11.7. The van der Waals surface area contributed by atoms with Crippen molar-refractivity contribution in [3.63, 3.8) is 0 Å². The Labute approximate surface area is 463 Å². The molecule has 4 fully saturated rings. The number of thioether (sulfide) groups is 2. The number of rotatable bonds is 28. The van der Waals surface area contributed by atoms with Crippen molar-refractivity contribution in [1.29, 1.82) is 0 Å². The molecule has 0 unspecified atom stereocenters. The van der Waals surface area contributed by atoms with Gasteiger partial charge in [0.05, 0.1) is 34.9 Å². The number of aliphatic carboxylic acids is 1. The van der Waals surface area contributed by atoms with Crippen LogP contribution < -0.4 is 10.6 Å². The van der Waals surface area contributed by atoms with E-state index in [0.29, 0.717) is 18.3 Å². The number of carboxylic acid groups (broad SMARTS) is 1. The Morgan fingerprint density at radius 2 is 0.890 bits per heavy atom. The van der Waals surface area contributed by atoms with Gasteiger partial charge in [-0.2, -0.15) is 0 Å². The maximum atomic E-state index is 12.9. The molecular formula is C52H99Cl3N4O12S2. The maximum absolute atomic E-state index is 12.9. The lowest BCUT2D eigenvalue weighted by atomic mass is 9.92. The zero-order valence-corrected chi connectivity index (χ0v) is 49.5. The summed E-state index contributed by atoms with van der Waals surface area (Å²) in [5.74, 6) is 0.0449. The van der Waals surface area contributed by atoms with Crippen molar-refractivity contribution in [3.05, 3.63) is 0 Å². The molecule has 4 aliphatic rings. The van der Waals surface area contributed by atoms with Gasteiger partial charge in [-0.05, 0) is 84.4 Å². The summed E-state index contributed by atoms with van der Waals surface area (Å²) >= 11 is 15.1. The quantitative estimate of drug-likeness (QED) is 0.0291. The third-order valence-electron chi connectivity index (χ3n) is 14.8. The first-order valence-corrected chi connectivity index (χ1v) is 30.6. The zero-order chi connectivity index (χ0) is 54.1. The van der Waals surface area contributed by atoms with Crippen LogP contribution in [0.25, 0.3) is 0 Å². The molecular weight excluding hydrogens is 1040 g/mol. The number of likely N-dealkylation sites (N-methyl/N-ethyl adjacent to an activating group) is 2. The molecule has 0 saturated carbocycles. The summed E-state index contributed by atoms with van der Waals surface area (Å²) in [4.78, 5) is 40.2. The number of carboxylic acids is 1. The van der Waals surface area contributed by atoms with Crippen molar-refractivity contribution in [2.24, 2.45) is 11.8 Å². The number of aliphatic hydroxyl groups excluding tert-OH is 6. The summed E-state index contributed by atoms with van der Waals surface area (Å²) in [5, 5.41) is 74.5. The lowest BCUT2D eigenvalue weighted by Crippen LogP contribution is -2.65. The van der Waals surface area contributed by atoms with Gasteiger partial charge in [0.25, 0.3) is 0 Å².